The van der Waals surface area contributed by atoms with E-state index in [1.165, 1.54) is 25.7 Å². The number of hydrogen-bond donors (Lipinski definition) is 6. The Bertz CT molecular complexity index is 774. The van der Waals surface area contributed by atoms with Crippen LogP contribution in [-0.2, 0) is 28.8 Å². The van der Waals surface area contributed by atoms with E-state index in [1.807, 2.05) is 0 Å². The summed E-state index contributed by atoms with van der Waals surface area (Å²) in [5, 5.41) is 51.1. The van der Waals surface area contributed by atoms with Crippen LogP contribution in [0.5, 0.6) is 0 Å². The molecule has 0 amide bonds. The third kappa shape index (κ3) is 33.7. The van der Waals surface area contributed by atoms with E-state index < -0.39 is 47.7 Å². The molecule has 1 rings (SSSR count). The van der Waals surface area contributed by atoms with Gasteiger partial charge in [-0.05, 0) is 38.5 Å². The number of unbranched alkanes of at least 4 members (excludes halogenated alkanes) is 16. The fourth-order valence-electron chi connectivity index (χ4n) is 5.30. The van der Waals surface area contributed by atoms with E-state index in [-0.39, 0.29) is 12.8 Å². The monoisotopic (exact) mass is 660 g/mol. The molecule has 0 radical (unpaired) electrons. The van der Waals surface area contributed by atoms with Gasteiger partial charge in [-0.25, -0.2) is 0 Å². The van der Waals surface area contributed by atoms with Crippen molar-refractivity contribution in [2.75, 3.05) is 0 Å². The lowest BCUT2D eigenvalue weighted by Crippen LogP contribution is -2.32. The molecule has 1 aliphatic carbocycles. The molecule has 46 heavy (non-hydrogen) atoms. The highest BCUT2D eigenvalue weighted by atomic mass is 16.4. The average molecular weight is 661 g/mol. The number of rotatable bonds is 26. The molecule has 0 saturated heterocycles. The SMILES string of the molecule is O=C(O)C1CCCCC1C(=O)O.O=C(O)CCCCCCCCCCC(=O)O.O=C(O)CCCCCCCCCCCCC(=O)O. The summed E-state index contributed by atoms with van der Waals surface area (Å²) in [4.78, 5) is 62.2. The highest BCUT2D eigenvalue weighted by Gasteiger charge is 2.35. The van der Waals surface area contributed by atoms with Gasteiger partial charge in [0.05, 0.1) is 11.8 Å². The van der Waals surface area contributed by atoms with Crippen molar-refractivity contribution in [1.29, 1.82) is 0 Å². The molecule has 0 aliphatic heterocycles. The summed E-state index contributed by atoms with van der Waals surface area (Å²) in [5.41, 5.74) is 0. The number of carboxylic acids is 6. The van der Waals surface area contributed by atoms with Gasteiger partial charge >= 0.3 is 35.8 Å². The van der Waals surface area contributed by atoms with Gasteiger partial charge in [0.15, 0.2) is 0 Å². The lowest BCUT2D eigenvalue weighted by Gasteiger charge is -2.24. The van der Waals surface area contributed by atoms with Crippen molar-refractivity contribution < 1.29 is 59.4 Å². The second-order valence-corrected chi connectivity index (χ2v) is 12.1. The Balaban J connectivity index is 0. The molecule has 6 N–H and O–H groups in total. The first-order valence-electron chi connectivity index (χ1n) is 17.2. The van der Waals surface area contributed by atoms with Crippen LogP contribution in [-0.4, -0.2) is 66.5 Å². The van der Waals surface area contributed by atoms with Crippen LogP contribution in [0.25, 0.3) is 0 Å². The predicted molar refractivity (Wildman–Crippen MR) is 173 cm³/mol. The molecule has 0 aromatic rings. The Morgan fingerprint density at radius 2 is 0.500 bits per heavy atom. The zero-order valence-corrected chi connectivity index (χ0v) is 27.7. The minimum Gasteiger partial charge on any atom is -0.481 e. The van der Waals surface area contributed by atoms with Gasteiger partial charge in [0.25, 0.3) is 0 Å². The first-order chi connectivity index (χ1) is 21.9. The molecule has 0 heterocycles. The van der Waals surface area contributed by atoms with E-state index in [0.29, 0.717) is 25.7 Å². The van der Waals surface area contributed by atoms with Crippen LogP contribution in [0.4, 0.5) is 0 Å². The molecule has 1 aliphatic rings. The lowest BCUT2D eigenvalue weighted by molar-refractivity contribution is -0.155. The Hall–Kier alpha value is -3.18. The largest absolute Gasteiger partial charge is 0.481 e. The molecule has 268 valence electrons. The molecule has 1 fully saturated rings. The molecule has 12 heteroatoms. The second kappa shape index (κ2) is 31.8. The van der Waals surface area contributed by atoms with Crippen molar-refractivity contribution in [3.63, 3.8) is 0 Å². The molecule has 2 atom stereocenters. The zero-order chi connectivity index (χ0) is 35.0. The van der Waals surface area contributed by atoms with E-state index in [2.05, 4.69) is 0 Å². The smallest absolute Gasteiger partial charge is 0.307 e. The lowest BCUT2D eigenvalue weighted by atomic mass is 9.79. The molecule has 0 bridgehead atoms. The van der Waals surface area contributed by atoms with Crippen LogP contribution in [0, 0.1) is 11.8 Å². The number of aliphatic carboxylic acids is 6. The molecular weight excluding hydrogens is 600 g/mol. The molecular formula is C34H60O12. The topological polar surface area (TPSA) is 224 Å². The number of hydrogen-bond acceptors (Lipinski definition) is 6. The molecule has 1 saturated carbocycles. The third-order valence-corrected chi connectivity index (χ3v) is 7.96. The van der Waals surface area contributed by atoms with Gasteiger partial charge in [-0.3, -0.25) is 28.8 Å². The minimum absolute atomic E-state index is 0.276. The maximum Gasteiger partial charge on any atom is 0.307 e. The van der Waals surface area contributed by atoms with Crippen molar-refractivity contribution in [3.8, 4) is 0 Å². The summed E-state index contributed by atoms with van der Waals surface area (Å²) in [7, 11) is 0. The van der Waals surface area contributed by atoms with Crippen LogP contribution < -0.4 is 0 Å². The average Bonchev–Trinajstić information content (AvgIpc) is 2.98. The van der Waals surface area contributed by atoms with Crippen LogP contribution >= 0.6 is 0 Å². The number of carboxylic acid groups (broad SMARTS) is 6. The molecule has 0 spiro atoms. The van der Waals surface area contributed by atoms with Crippen LogP contribution in [0.1, 0.15) is 167 Å². The van der Waals surface area contributed by atoms with Crippen molar-refractivity contribution in [3.05, 3.63) is 0 Å². The van der Waals surface area contributed by atoms with Crippen LogP contribution in [0.15, 0.2) is 0 Å². The Morgan fingerprint density at radius 1 is 0.326 bits per heavy atom. The highest BCUT2D eigenvalue weighted by Crippen LogP contribution is 2.30. The Labute approximate surface area is 274 Å². The standard InChI is InChI=1S/C14H26O4.C12H22O4.C8H12O4/c15-13(16)11-9-7-5-3-1-2-4-6-8-10-12-14(17)18;13-11(14)9-7-5-3-1-2-4-6-8-10-12(15)16;9-7(10)5-3-1-2-4-6(5)8(11)12/h1-12H2,(H,15,16)(H,17,18);1-10H2,(H,13,14)(H,15,16);5-6H,1-4H2,(H,9,10)(H,11,12). The van der Waals surface area contributed by atoms with E-state index in [9.17, 15) is 28.8 Å². The van der Waals surface area contributed by atoms with Gasteiger partial charge in [0.1, 0.15) is 0 Å². The maximum atomic E-state index is 10.6. The summed E-state index contributed by atoms with van der Waals surface area (Å²) in [6.07, 6.45) is 22.5. The Morgan fingerprint density at radius 3 is 0.652 bits per heavy atom. The third-order valence-electron chi connectivity index (χ3n) is 7.96. The van der Waals surface area contributed by atoms with Crippen LogP contribution in [0.3, 0.4) is 0 Å². The first-order valence-corrected chi connectivity index (χ1v) is 17.2. The summed E-state index contributed by atoms with van der Waals surface area (Å²) in [6, 6.07) is 0. The minimum atomic E-state index is -0.970. The highest BCUT2D eigenvalue weighted by molar-refractivity contribution is 5.80. The van der Waals surface area contributed by atoms with E-state index in [1.54, 1.807) is 0 Å². The summed E-state index contributed by atoms with van der Waals surface area (Å²) < 4.78 is 0. The van der Waals surface area contributed by atoms with Gasteiger partial charge in [-0.1, -0.05) is 103 Å². The van der Waals surface area contributed by atoms with Gasteiger partial charge in [0, 0.05) is 25.7 Å². The number of carbonyl (C=O) groups is 6. The van der Waals surface area contributed by atoms with E-state index in [4.69, 9.17) is 30.6 Å². The molecule has 0 aromatic carbocycles. The van der Waals surface area contributed by atoms with Gasteiger partial charge in [-0.15, -0.1) is 0 Å². The van der Waals surface area contributed by atoms with E-state index in [0.717, 1.165) is 103 Å². The second-order valence-electron chi connectivity index (χ2n) is 12.1. The zero-order valence-electron chi connectivity index (χ0n) is 27.7. The maximum absolute atomic E-state index is 10.6. The van der Waals surface area contributed by atoms with Crippen molar-refractivity contribution >= 4 is 35.8 Å². The fraction of sp³-hybridized carbons (Fsp3) is 0.824. The summed E-state index contributed by atoms with van der Waals surface area (Å²) in [6.45, 7) is 0. The normalized spacial score (nSPS) is 15.4. The quantitative estimate of drug-likeness (QED) is 0.0488. The predicted octanol–water partition coefficient (Wildman–Crippen LogP) is 7.86. The summed E-state index contributed by atoms with van der Waals surface area (Å²) in [5.74, 6) is -6.10. The van der Waals surface area contributed by atoms with E-state index >= 15 is 0 Å². The van der Waals surface area contributed by atoms with Gasteiger partial charge in [-0.2, -0.15) is 0 Å². The van der Waals surface area contributed by atoms with Crippen LogP contribution in [0.2, 0.25) is 0 Å². The molecule has 12 nitrogen and oxygen atoms in total. The van der Waals surface area contributed by atoms with Crippen molar-refractivity contribution in [2.45, 2.75) is 167 Å². The molecule has 2 unspecified atom stereocenters. The van der Waals surface area contributed by atoms with Gasteiger partial charge < -0.3 is 30.6 Å². The van der Waals surface area contributed by atoms with Crippen molar-refractivity contribution in [2.24, 2.45) is 11.8 Å². The fourth-order valence-corrected chi connectivity index (χ4v) is 5.30. The van der Waals surface area contributed by atoms with Gasteiger partial charge in [0.2, 0.25) is 0 Å². The van der Waals surface area contributed by atoms with Crippen molar-refractivity contribution in [1.82, 2.24) is 0 Å². The Kier molecular flexibility index (Phi) is 31.1. The first kappa shape index (κ1) is 44.9. The molecule has 0 aromatic heterocycles. The summed E-state index contributed by atoms with van der Waals surface area (Å²) >= 11 is 0.